The van der Waals surface area contributed by atoms with E-state index < -0.39 is 15.3 Å². The lowest BCUT2D eigenvalue weighted by Gasteiger charge is -2.35. The summed E-state index contributed by atoms with van der Waals surface area (Å²) < 4.78 is 36.9. The average Bonchev–Trinajstić information content (AvgIpc) is 2.28. The summed E-state index contributed by atoms with van der Waals surface area (Å²) in [5.74, 6) is 0. The fraction of sp³-hybridized carbons (Fsp3) is 1.00. The Bertz CT molecular complexity index is 339. The molecule has 116 valence electrons. The number of hydrogen-bond acceptors (Lipinski definition) is 4. The molecule has 9 heteroatoms. The van der Waals surface area contributed by atoms with Crippen LogP contribution in [0.1, 0.15) is 20.8 Å². The predicted octanol–water partition coefficient (Wildman–Crippen LogP) is 3.27. The van der Waals surface area contributed by atoms with Gasteiger partial charge in [0.1, 0.15) is 0 Å². The maximum atomic E-state index is 12.6. The zero-order chi connectivity index (χ0) is 15.1. The van der Waals surface area contributed by atoms with E-state index in [-0.39, 0.29) is 13.2 Å². The van der Waals surface area contributed by atoms with Crippen molar-refractivity contribution in [3.63, 3.8) is 0 Å². The van der Waals surface area contributed by atoms with Crippen LogP contribution in [0, 0.1) is 0 Å². The van der Waals surface area contributed by atoms with Crippen LogP contribution < -0.4 is 0 Å². The lowest BCUT2D eigenvalue weighted by Crippen LogP contribution is -2.23. The quantitative estimate of drug-likeness (QED) is 0.609. The summed E-state index contributed by atoms with van der Waals surface area (Å²) >= 11 is 0. The van der Waals surface area contributed by atoms with Crippen LogP contribution in [0.5, 0.6) is 0 Å². The molecule has 0 aromatic heterocycles. The molecule has 0 saturated heterocycles. The summed E-state index contributed by atoms with van der Waals surface area (Å²) in [5.41, 5.74) is 0. The summed E-state index contributed by atoms with van der Waals surface area (Å²) in [5, 5.41) is 0. The molecule has 0 N–H and O–H groups in total. The van der Waals surface area contributed by atoms with Crippen LogP contribution in [0.4, 0.5) is 0 Å². The Morgan fingerprint density at radius 1 is 0.842 bits per heavy atom. The SMILES string of the molecule is CCOP(=O)(N=P(OCC)(N(C)C)N(C)C)OCC. The number of rotatable bonds is 9. The topological polar surface area (TPSA) is 63.6 Å². The van der Waals surface area contributed by atoms with Gasteiger partial charge in [-0.3, -0.25) is 9.05 Å². The third-order valence-electron chi connectivity index (χ3n) is 2.15. The van der Waals surface area contributed by atoms with Crippen LogP contribution in [-0.2, 0) is 18.1 Å². The van der Waals surface area contributed by atoms with Crippen molar-refractivity contribution in [3.8, 4) is 0 Å². The van der Waals surface area contributed by atoms with Gasteiger partial charge in [-0.25, -0.2) is 13.9 Å². The Labute approximate surface area is 117 Å². The van der Waals surface area contributed by atoms with Gasteiger partial charge < -0.3 is 4.52 Å². The minimum atomic E-state index is -3.51. The zero-order valence-corrected chi connectivity index (χ0v) is 14.8. The molecule has 0 aromatic rings. The second kappa shape index (κ2) is 8.53. The fourth-order valence-electron chi connectivity index (χ4n) is 1.51. The summed E-state index contributed by atoms with van der Waals surface area (Å²) in [6.45, 7) is 6.40. The van der Waals surface area contributed by atoms with Crippen LogP contribution in [0.2, 0.25) is 0 Å². The maximum Gasteiger partial charge on any atom is 0.456 e. The van der Waals surface area contributed by atoms with Gasteiger partial charge in [-0.05, 0) is 49.0 Å². The summed E-state index contributed by atoms with van der Waals surface area (Å²) in [4.78, 5) is 0. The molecular formula is C10H27N3O4P2. The second-order valence-corrected chi connectivity index (χ2v) is 9.07. The third-order valence-corrected chi connectivity index (χ3v) is 7.82. The average molecular weight is 315 g/mol. The first-order valence-electron chi connectivity index (χ1n) is 6.31. The molecule has 0 unspecified atom stereocenters. The van der Waals surface area contributed by atoms with Crippen LogP contribution in [0.25, 0.3) is 0 Å². The smallest absolute Gasteiger partial charge is 0.321 e. The van der Waals surface area contributed by atoms with Crippen molar-refractivity contribution in [1.82, 2.24) is 9.34 Å². The molecule has 7 nitrogen and oxygen atoms in total. The monoisotopic (exact) mass is 315 g/mol. The molecule has 0 rings (SSSR count). The van der Waals surface area contributed by atoms with E-state index in [1.807, 2.05) is 44.5 Å². The molecule has 0 aliphatic heterocycles. The molecule has 0 spiro atoms. The van der Waals surface area contributed by atoms with E-state index in [0.717, 1.165) is 0 Å². The Morgan fingerprint density at radius 3 is 1.47 bits per heavy atom. The van der Waals surface area contributed by atoms with Gasteiger partial charge in [0.25, 0.3) is 0 Å². The van der Waals surface area contributed by atoms with E-state index >= 15 is 0 Å². The van der Waals surface area contributed by atoms with E-state index in [9.17, 15) is 4.57 Å². The van der Waals surface area contributed by atoms with Gasteiger partial charge in [0.05, 0.1) is 19.8 Å². The Balaban J connectivity index is 5.78. The molecule has 0 heterocycles. The molecule has 0 aliphatic rings. The van der Waals surface area contributed by atoms with Crippen molar-refractivity contribution in [2.45, 2.75) is 20.8 Å². The molecule has 0 atom stereocenters. The van der Waals surface area contributed by atoms with Crippen molar-refractivity contribution in [2.24, 2.45) is 4.52 Å². The first kappa shape index (κ1) is 19.3. The van der Waals surface area contributed by atoms with E-state index in [2.05, 4.69) is 4.52 Å². The second-order valence-electron chi connectivity index (χ2n) is 4.02. The van der Waals surface area contributed by atoms with E-state index in [1.165, 1.54) is 0 Å². The Kier molecular flexibility index (Phi) is 8.64. The van der Waals surface area contributed by atoms with Crippen molar-refractivity contribution in [2.75, 3.05) is 48.0 Å². The first-order valence-corrected chi connectivity index (χ1v) is 9.37. The minimum absolute atomic E-state index is 0.272. The maximum absolute atomic E-state index is 12.6. The summed E-state index contributed by atoms with van der Waals surface area (Å²) in [6, 6.07) is 0. The van der Waals surface area contributed by atoms with Crippen molar-refractivity contribution >= 4 is 15.3 Å². The van der Waals surface area contributed by atoms with Gasteiger partial charge in [-0.1, -0.05) is 0 Å². The fourth-order valence-corrected chi connectivity index (χ4v) is 6.80. The van der Waals surface area contributed by atoms with Crippen LogP contribution in [0.3, 0.4) is 0 Å². The van der Waals surface area contributed by atoms with Crippen LogP contribution >= 0.6 is 15.3 Å². The van der Waals surface area contributed by atoms with Crippen molar-refractivity contribution in [3.05, 3.63) is 0 Å². The lowest BCUT2D eigenvalue weighted by atomic mass is 10.9. The standard InChI is InChI=1S/C10H27N3O4P2/c1-8-15-18(12(4)5,13(6)7)11-19(14,16-9-2)17-10-3/h8-10H2,1-7H3. The first-order chi connectivity index (χ1) is 8.78. The largest absolute Gasteiger partial charge is 0.456 e. The molecule has 0 bridgehead atoms. The van der Waals surface area contributed by atoms with Gasteiger partial charge in [0, 0.05) is 0 Å². The Hall–Kier alpha value is 0.260. The number of nitrogens with zero attached hydrogens (tertiary/aromatic N) is 3. The highest BCUT2D eigenvalue weighted by Gasteiger charge is 2.34. The van der Waals surface area contributed by atoms with Gasteiger partial charge in [-0.15, -0.1) is 4.52 Å². The third kappa shape index (κ3) is 5.27. The predicted molar refractivity (Wildman–Crippen MR) is 79.2 cm³/mol. The van der Waals surface area contributed by atoms with E-state index in [1.54, 1.807) is 13.8 Å². The van der Waals surface area contributed by atoms with Gasteiger partial charge >= 0.3 is 7.75 Å². The van der Waals surface area contributed by atoms with Crippen molar-refractivity contribution < 1.29 is 18.1 Å². The molecule has 0 aliphatic carbocycles. The number of hydrogen-bond donors (Lipinski definition) is 0. The van der Waals surface area contributed by atoms with Gasteiger partial charge in [0.15, 0.2) is 0 Å². The summed E-state index contributed by atoms with van der Waals surface area (Å²) in [7, 11) is 1.31. The van der Waals surface area contributed by atoms with E-state index in [4.69, 9.17) is 13.6 Å². The highest BCUT2D eigenvalue weighted by Crippen LogP contribution is 2.65. The van der Waals surface area contributed by atoms with E-state index in [0.29, 0.717) is 6.61 Å². The minimum Gasteiger partial charge on any atom is -0.321 e. The normalized spacial score (nSPS) is 13.3. The molecule has 0 saturated carbocycles. The molecule has 0 radical (unpaired) electrons. The van der Waals surface area contributed by atoms with Gasteiger partial charge in [0.2, 0.25) is 7.58 Å². The van der Waals surface area contributed by atoms with Crippen LogP contribution in [0.15, 0.2) is 4.52 Å². The Morgan fingerprint density at radius 2 is 1.21 bits per heavy atom. The summed E-state index contributed by atoms with van der Waals surface area (Å²) in [6.07, 6.45) is 0. The lowest BCUT2D eigenvalue weighted by molar-refractivity contribution is 0.219. The molecule has 0 amide bonds. The van der Waals surface area contributed by atoms with Crippen molar-refractivity contribution in [1.29, 1.82) is 0 Å². The zero-order valence-electron chi connectivity index (χ0n) is 13.0. The van der Waals surface area contributed by atoms with Crippen LogP contribution in [-0.4, -0.2) is 57.4 Å². The molecule has 19 heavy (non-hydrogen) atoms. The molecular weight excluding hydrogens is 288 g/mol. The highest BCUT2D eigenvalue weighted by molar-refractivity contribution is 7.66. The highest BCUT2D eigenvalue weighted by atomic mass is 31.2. The molecule has 0 fully saturated rings. The van der Waals surface area contributed by atoms with Gasteiger partial charge in [-0.2, -0.15) is 0 Å². The molecule has 0 aromatic carbocycles.